The van der Waals surface area contributed by atoms with Gasteiger partial charge in [-0.05, 0) is 24.6 Å². The van der Waals surface area contributed by atoms with Gasteiger partial charge in [0.1, 0.15) is 13.2 Å². The van der Waals surface area contributed by atoms with Crippen molar-refractivity contribution in [2.45, 2.75) is 25.6 Å². The summed E-state index contributed by atoms with van der Waals surface area (Å²) >= 11 is 0. The predicted octanol–water partition coefficient (Wildman–Crippen LogP) is 1.09. The Morgan fingerprint density at radius 1 is 1.17 bits per heavy atom. The van der Waals surface area contributed by atoms with Gasteiger partial charge in [-0.3, -0.25) is 4.79 Å². The molecule has 1 heterocycles. The fourth-order valence-electron chi connectivity index (χ4n) is 2.59. The van der Waals surface area contributed by atoms with Gasteiger partial charge in [-0.2, -0.15) is 0 Å². The lowest BCUT2D eigenvalue weighted by Crippen LogP contribution is -2.94. The highest BCUT2D eigenvalue weighted by molar-refractivity contribution is 5.79. The van der Waals surface area contributed by atoms with Crippen molar-refractivity contribution in [1.82, 2.24) is 5.32 Å². The van der Waals surface area contributed by atoms with Crippen LogP contribution in [0.5, 0.6) is 11.5 Å². The highest BCUT2D eigenvalue weighted by Gasteiger charge is 2.24. The highest BCUT2D eigenvalue weighted by Crippen LogP contribution is 2.30. The lowest BCUT2D eigenvalue weighted by molar-refractivity contribution is -0.678. The maximum atomic E-state index is 12.2. The molecule has 0 radical (unpaired) electrons. The first-order valence-electron chi connectivity index (χ1n) is 8.26. The fourth-order valence-corrected chi connectivity index (χ4v) is 2.59. The summed E-state index contributed by atoms with van der Waals surface area (Å²) in [4.78, 5) is 12.2. The molecular formula is C19H23N2O3+. The molecule has 1 aliphatic heterocycles. The van der Waals surface area contributed by atoms with Crippen LogP contribution in [-0.2, 0) is 11.3 Å². The van der Waals surface area contributed by atoms with E-state index in [0.717, 1.165) is 17.1 Å². The highest BCUT2D eigenvalue weighted by atomic mass is 16.6. The van der Waals surface area contributed by atoms with Crippen LogP contribution in [0.1, 0.15) is 12.5 Å². The van der Waals surface area contributed by atoms with Crippen molar-refractivity contribution in [3.63, 3.8) is 0 Å². The third-order valence-corrected chi connectivity index (χ3v) is 4.04. The van der Waals surface area contributed by atoms with Crippen molar-refractivity contribution in [2.24, 2.45) is 0 Å². The molecule has 0 aromatic heterocycles. The van der Waals surface area contributed by atoms with Crippen LogP contribution >= 0.6 is 0 Å². The van der Waals surface area contributed by atoms with Crippen molar-refractivity contribution >= 4 is 5.91 Å². The standard InChI is InChI=1S/C19H22N2O3/c1-14(19(22)21-11-15-7-3-2-4-8-15)20-12-16-13-23-17-9-5-6-10-18(17)24-16/h2-10,14,16,20H,11-13H2,1H3,(H,21,22)/p+1/t14-,16+/m0/s1. The lowest BCUT2D eigenvalue weighted by atomic mass is 10.2. The van der Waals surface area contributed by atoms with Gasteiger partial charge in [0.15, 0.2) is 23.6 Å². The van der Waals surface area contributed by atoms with Gasteiger partial charge in [-0.1, -0.05) is 42.5 Å². The average Bonchev–Trinajstić information content (AvgIpc) is 2.64. The number of hydrogen-bond acceptors (Lipinski definition) is 3. The molecule has 5 nitrogen and oxygen atoms in total. The van der Waals surface area contributed by atoms with E-state index in [9.17, 15) is 4.79 Å². The predicted molar refractivity (Wildman–Crippen MR) is 90.9 cm³/mol. The van der Waals surface area contributed by atoms with Crippen LogP contribution in [0.15, 0.2) is 54.6 Å². The van der Waals surface area contributed by atoms with Gasteiger partial charge >= 0.3 is 0 Å². The molecule has 0 unspecified atom stereocenters. The summed E-state index contributed by atoms with van der Waals surface area (Å²) in [5.41, 5.74) is 1.10. The van der Waals surface area contributed by atoms with Crippen molar-refractivity contribution in [2.75, 3.05) is 13.2 Å². The van der Waals surface area contributed by atoms with E-state index in [0.29, 0.717) is 19.7 Å². The summed E-state index contributed by atoms with van der Waals surface area (Å²) in [5.74, 6) is 1.57. The van der Waals surface area contributed by atoms with E-state index in [-0.39, 0.29) is 18.1 Å². The number of benzene rings is 2. The molecule has 0 saturated carbocycles. The second kappa shape index (κ2) is 7.84. The molecule has 1 amide bonds. The SMILES string of the molecule is C[C@H]([NH2+]C[C@@H]1COc2ccccc2O1)C(=O)NCc1ccccc1. The van der Waals surface area contributed by atoms with Gasteiger partial charge in [0.05, 0.1) is 0 Å². The van der Waals surface area contributed by atoms with Crippen LogP contribution in [0.25, 0.3) is 0 Å². The number of rotatable bonds is 6. The summed E-state index contributed by atoms with van der Waals surface area (Å²) in [6.45, 7) is 3.63. The van der Waals surface area contributed by atoms with E-state index < -0.39 is 0 Å². The number of nitrogens with one attached hydrogen (secondary N) is 1. The third kappa shape index (κ3) is 4.26. The summed E-state index contributed by atoms with van der Waals surface area (Å²) < 4.78 is 11.6. The summed E-state index contributed by atoms with van der Waals surface area (Å²) in [7, 11) is 0. The van der Waals surface area contributed by atoms with Crippen molar-refractivity contribution < 1.29 is 19.6 Å². The fraction of sp³-hybridized carbons (Fsp3) is 0.316. The summed E-state index contributed by atoms with van der Waals surface area (Å²) in [6, 6.07) is 17.4. The number of ether oxygens (including phenoxy) is 2. The Morgan fingerprint density at radius 2 is 1.88 bits per heavy atom. The molecular weight excluding hydrogens is 304 g/mol. The van der Waals surface area contributed by atoms with Crippen LogP contribution in [0.3, 0.4) is 0 Å². The Morgan fingerprint density at radius 3 is 2.67 bits per heavy atom. The topological polar surface area (TPSA) is 64.2 Å². The first kappa shape index (κ1) is 16.3. The Labute approximate surface area is 142 Å². The van der Waals surface area contributed by atoms with Crippen LogP contribution in [0.4, 0.5) is 0 Å². The van der Waals surface area contributed by atoms with E-state index >= 15 is 0 Å². The van der Waals surface area contributed by atoms with Crippen molar-refractivity contribution in [3.8, 4) is 11.5 Å². The summed E-state index contributed by atoms with van der Waals surface area (Å²) in [5, 5.41) is 4.95. The molecule has 2 aromatic carbocycles. The maximum Gasteiger partial charge on any atom is 0.278 e. The number of quaternary nitrogens is 1. The van der Waals surface area contributed by atoms with E-state index in [4.69, 9.17) is 9.47 Å². The molecule has 0 saturated heterocycles. The normalized spacial score (nSPS) is 17.1. The van der Waals surface area contributed by atoms with Crippen LogP contribution in [-0.4, -0.2) is 31.2 Å². The number of hydrogen-bond donors (Lipinski definition) is 2. The van der Waals surface area contributed by atoms with E-state index in [1.165, 1.54) is 0 Å². The Balaban J connectivity index is 1.42. The minimum atomic E-state index is -0.172. The van der Waals surface area contributed by atoms with E-state index in [2.05, 4.69) is 5.32 Å². The van der Waals surface area contributed by atoms with E-state index in [1.54, 1.807) is 0 Å². The van der Waals surface area contributed by atoms with Crippen LogP contribution in [0.2, 0.25) is 0 Å². The molecule has 3 rings (SSSR count). The van der Waals surface area contributed by atoms with Crippen LogP contribution < -0.4 is 20.1 Å². The molecule has 2 aromatic rings. The Hall–Kier alpha value is -2.53. The second-order valence-electron chi connectivity index (χ2n) is 5.96. The molecule has 1 aliphatic rings. The maximum absolute atomic E-state index is 12.2. The zero-order valence-corrected chi connectivity index (χ0v) is 13.8. The van der Waals surface area contributed by atoms with E-state index in [1.807, 2.05) is 66.8 Å². The smallest absolute Gasteiger partial charge is 0.278 e. The molecule has 0 bridgehead atoms. The number of para-hydroxylation sites is 2. The molecule has 126 valence electrons. The molecule has 0 spiro atoms. The largest absolute Gasteiger partial charge is 0.486 e. The van der Waals surface area contributed by atoms with Gasteiger partial charge in [-0.15, -0.1) is 0 Å². The number of nitrogens with two attached hydrogens (primary N) is 1. The van der Waals surface area contributed by atoms with Gasteiger partial charge in [0.25, 0.3) is 5.91 Å². The minimum absolute atomic E-state index is 0.0241. The molecule has 24 heavy (non-hydrogen) atoms. The molecule has 3 N–H and O–H groups in total. The van der Waals surface area contributed by atoms with Gasteiger partial charge in [0, 0.05) is 6.54 Å². The molecule has 2 atom stereocenters. The molecule has 0 aliphatic carbocycles. The quantitative estimate of drug-likeness (QED) is 0.835. The lowest BCUT2D eigenvalue weighted by Gasteiger charge is -2.26. The Bertz CT molecular complexity index is 675. The first-order valence-corrected chi connectivity index (χ1v) is 8.26. The van der Waals surface area contributed by atoms with Gasteiger partial charge < -0.3 is 20.1 Å². The number of amides is 1. The third-order valence-electron chi connectivity index (χ3n) is 4.04. The number of carbonyl (C=O) groups excluding carboxylic acids is 1. The zero-order chi connectivity index (χ0) is 16.8. The number of fused-ring (bicyclic) bond motifs is 1. The van der Waals surface area contributed by atoms with Gasteiger partial charge in [-0.25, -0.2) is 0 Å². The van der Waals surface area contributed by atoms with Crippen molar-refractivity contribution in [1.29, 1.82) is 0 Å². The first-order chi connectivity index (χ1) is 11.7. The second-order valence-corrected chi connectivity index (χ2v) is 5.96. The average molecular weight is 327 g/mol. The van der Waals surface area contributed by atoms with Gasteiger partial charge in [0.2, 0.25) is 0 Å². The Kier molecular flexibility index (Phi) is 5.33. The molecule has 0 fully saturated rings. The van der Waals surface area contributed by atoms with Crippen LogP contribution in [0, 0.1) is 0 Å². The summed E-state index contributed by atoms with van der Waals surface area (Å²) in [6.07, 6.45) is -0.0516. The minimum Gasteiger partial charge on any atom is -0.486 e. The zero-order valence-electron chi connectivity index (χ0n) is 13.8. The monoisotopic (exact) mass is 327 g/mol. The van der Waals surface area contributed by atoms with Crippen molar-refractivity contribution in [3.05, 3.63) is 60.2 Å². The molecule has 5 heteroatoms. The number of carbonyl (C=O) groups is 1.